The number of hydrogen-bond donors (Lipinski definition) is 2. The van der Waals surface area contributed by atoms with Crippen molar-refractivity contribution in [2.24, 2.45) is 17.8 Å². The molecule has 0 saturated heterocycles. The topological polar surface area (TPSA) is 61.4 Å². The van der Waals surface area contributed by atoms with E-state index in [2.05, 4.69) is 10.6 Å². The second-order valence-electron chi connectivity index (χ2n) is 9.17. The molecule has 4 saturated carbocycles. The van der Waals surface area contributed by atoms with E-state index in [9.17, 15) is 9.59 Å². The molecule has 5 rings (SSSR count). The summed E-state index contributed by atoms with van der Waals surface area (Å²) >= 11 is 6.16. The standard InChI is InChI=1S/C22H30ClN3O2/c1-26(14-18-4-2-3-5-19(18)23)20(27)6-7-24-21(28)25-22-11-15-8-16(12-22)10-17(9-15)13-22/h2-5,15-17H,6-14H2,1H3,(H2,24,25,28). The highest BCUT2D eigenvalue weighted by atomic mass is 35.5. The average Bonchev–Trinajstić information content (AvgIpc) is 2.61. The van der Waals surface area contributed by atoms with Crippen LogP contribution in [0.4, 0.5) is 4.79 Å². The Morgan fingerprint density at radius 2 is 1.71 bits per heavy atom. The minimum atomic E-state index is -0.122. The van der Waals surface area contributed by atoms with Crippen LogP contribution in [0.3, 0.4) is 0 Å². The van der Waals surface area contributed by atoms with Crippen LogP contribution in [0.25, 0.3) is 0 Å². The number of urea groups is 1. The Kier molecular flexibility index (Phi) is 5.55. The summed E-state index contributed by atoms with van der Waals surface area (Å²) in [5.74, 6) is 2.39. The molecule has 1 aromatic rings. The van der Waals surface area contributed by atoms with Gasteiger partial charge in [-0.25, -0.2) is 4.79 Å². The lowest BCUT2D eigenvalue weighted by molar-refractivity contribution is -0.130. The summed E-state index contributed by atoms with van der Waals surface area (Å²) < 4.78 is 0. The number of halogens is 1. The molecule has 0 atom stereocenters. The summed E-state index contributed by atoms with van der Waals surface area (Å²) in [6.45, 7) is 0.821. The zero-order valence-corrected chi connectivity index (χ0v) is 17.3. The molecule has 5 nitrogen and oxygen atoms in total. The van der Waals surface area contributed by atoms with Gasteiger partial charge in [-0.15, -0.1) is 0 Å². The molecule has 152 valence electrons. The largest absolute Gasteiger partial charge is 0.341 e. The van der Waals surface area contributed by atoms with Crippen LogP contribution in [0.15, 0.2) is 24.3 Å². The van der Waals surface area contributed by atoms with Crippen molar-refractivity contribution in [1.82, 2.24) is 15.5 Å². The second kappa shape index (κ2) is 7.94. The van der Waals surface area contributed by atoms with Gasteiger partial charge in [0.2, 0.25) is 5.91 Å². The van der Waals surface area contributed by atoms with Gasteiger partial charge >= 0.3 is 6.03 Å². The molecular formula is C22H30ClN3O2. The Labute approximate surface area is 172 Å². The molecule has 0 aromatic heterocycles. The molecule has 0 unspecified atom stereocenters. The minimum absolute atomic E-state index is 0.00366. The van der Waals surface area contributed by atoms with Crippen molar-refractivity contribution in [3.63, 3.8) is 0 Å². The van der Waals surface area contributed by atoms with E-state index in [0.29, 0.717) is 18.1 Å². The first-order valence-corrected chi connectivity index (χ1v) is 10.8. The molecule has 2 N–H and O–H groups in total. The highest BCUT2D eigenvalue weighted by Gasteiger charge is 2.51. The quantitative estimate of drug-likeness (QED) is 0.755. The van der Waals surface area contributed by atoms with Gasteiger partial charge in [-0.2, -0.15) is 0 Å². The van der Waals surface area contributed by atoms with Crippen LogP contribution in [0.2, 0.25) is 5.02 Å². The van der Waals surface area contributed by atoms with Gasteiger partial charge in [0.1, 0.15) is 0 Å². The summed E-state index contributed by atoms with van der Waals surface area (Å²) in [6, 6.07) is 7.41. The summed E-state index contributed by atoms with van der Waals surface area (Å²) in [5.41, 5.74) is 0.927. The van der Waals surface area contributed by atoms with Crippen LogP contribution in [-0.4, -0.2) is 36.0 Å². The third kappa shape index (κ3) is 4.29. The van der Waals surface area contributed by atoms with Crippen molar-refractivity contribution in [2.75, 3.05) is 13.6 Å². The van der Waals surface area contributed by atoms with Gasteiger partial charge in [-0.3, -0.25) is 4.79 Å². The maximum absolute atomic E-state index is 12.5. The SMILES string of the molecule is CN(Cc1ccccc1Cl)C(=O)CCNC(=O)NC12CC3CC(CC(C3)C1)C2. The second-order valence-corrected chi connectivity index (χ2v) is 9.58. The number of benzene rings is 1. The molecule has 4 fully saturated rings. The molecule has 3 amide bonds. The Morgan fingerprint density at radius 3 is 2.32 bits per heavy atom. The molecular weight excluding hydrogens is 374 g/mol. The predicted octanol–water partition coefficient (Wildman–Crippen LogP) is 3.96. The van der Waals surface area contributed by atoms with Gasteiger partial charge in [0.15, 0.2) is 0 Å². The Morgan fingerprint density at radius 1 is 1.11 bits per heavy atom. The Bertz CT molecular complexity index is 716. The van der Waals surface area contributed by atoms with E-state index in [1.165, 1.54) is 19.3 Å². The highest BCUT2D eigenvalue weighted by molar-refractivity contribution is 6.31. The first-order chi connectivity index (χ1) is 13.4. The normalized spacial score (nSPS) is 30.1. The summed E-state index contributed by atoms with van der Waals surface area (Å²) in [6.07, 6.45) is 7.75. The minimum Gasteiger partial charge on any atom is -0.341 e. The van der Waals surface area contributed by atoms with Gasteiger partial charge in [-0.05, 0) is 67.9 Å². The van der Waals surface area contributed by atoms with Crippen molar-refractivity contribution < 1.29 is 9.59 Å². The van der Waals surface area contributed by atoms with Crippen molar-refractivity contribution in [2.45, 2.75) is 57.0 Å². The third-order valence-electron chi connectivity index (χ3n) is 6.83. The van der Waals surface area contributed by atoms with Crippen LogP contribution in [0.1, 0.15) is 50.5 Å². The molecule has 0 aliphatic heterocycles. The summed E-state index contributed by atoms with van der Waals surface area (Å²) in [5, 5.41) is 6.84. The smallest absolute Gasteiger partial charge is 0.315 e. The number of nitrogens with zero attached hydrogens (tertiary/aromatic N) is 1. The maximum Gasteiger partial charge on any atom is 0.315 e. The number of hydrogen-bond acceptors (Lipinski definition) is 2. The first kappa shape index (κ1) is 19.6. The molecule has 4 aliphatic rings. The number of nitrogens with one attached hydrogen (secondary N) is 2. The lowest BCUT2D eigenvalue weighted by Gasteiger charge is -2.56. The van der Waals surface area contributed by atoms with Gasteiger partial charge in [0.05, 0.1) is 0 Å². The fourth-order valence-corrected chi connectivity index (χ4v) is 6.19. The van der Waals surface area contributed by atoms with Crippen molar-refractivity contribution in [3.05, 3.63) is 34.9 Å². The Hall–Kier alpha value is -1.75. The number of carbonyl (C=O) groups is 2. The third-order valence-corrected chi connectivity index (χ3v) is 7.20. The maximum atomic E-state index is 12.5. The van der Waals surface area contributed by atoms with Gasteiger partial charge < -0.3 is 15.5 Å². The summed E-state index contributed by atoms with van der Waals surface area (Å²) in [7, 11) is 1.77. The molecule has 0 heterocycles. The van der Waals surface area contributed by atoms with Crippen LogP contribution >= 0.6 is 11.6 Å². The van der Waals surface area contributed by atoms with E-state index in [1.807, 2.05) is 24.3 Å². The van der Waals surface area contributed by atoms with Gasteiger partial charge in [0.25, 0.3) is 0 Å². The van der Waals surface area contributed by atoms with E-state index < -0.39 is 0 Å². The number of carbonyl (C=O) groups excluding carboxylic acids is 2. The van der Waals surface area contributed by atoms with Crippen molar-refractivity contribution >= 4 is 23.5 Å². The zero-order valence-electron chi connectivity index (χ0n) is 16.5. The molecule has 0 radical (unpaired) electrons. The van der Waals surface area contributed by atoms with Gasteiger partial charge in [0, 0.05) is 37.1 Å². The molecule has 4 aliphatic carbocycles. The first-order valence-electron chi connectivity index (χ1n) is 10.5. The van der Waals surface area contributed by atoms with E-state index in [1.54, 1.807) is 11.9 Å². The lowest BCUT2D eigenvalue weighted by atomic mass is 9.53. The van der Waals surface area contributed by atoms with Crippen molar-refractivity contribution in [3.8, 4) is 0 Å². The average molecular weight is 404 g/mol. The van der Waals surface area contributed by atoms with Crippen LogP contribution in [-0.2, 0) is 11.3 Å². The monoisotopic (exact) mass is 403 g/mol. The van der Waals surface area contributed by atoms with Gasteiger partial charge in [-0.1, -0.05) is 29.8 Å². The predicted molar refractivity (Wildman–Crippen MR) is 110 cm³/mol. The van der Waals surface area contributed by atoms with E-state index in [-0.39, 0.29) is 23.9 Å². The van der Waals surface area contributed by atoms with Crippen LogP contribution < -0.4 is 10.6 Å². The molecule has 0 spiro atoms. The fraction of sp³-hybridized carbons (Fsp3) is 0.636. The fourth-order valence-electron chi connectivity index (χ4n) is 5.99. The molecule has 1 aromatic carbocycles. The van der Waals surface area contributed by atoms with E-state index in [0.717, 1.165) is 42.6 Å². The molecule has 6 heteroatoms. The van der Waals surface area contributed by atoms with E-state index in [4.69, 9.17) is 11.6 Å². The lowest BCUT2D eigenvalue weighted by Crippen LogP contribution is -2.61. The highest BCUT2D eigenvalue weighted by Crippen LogP contribution is 2.55. The molecule has 28 heavy (non-hydrogen) atoms. The zero-order chi connectivity index (χ0) is 19.7. The van der Waals surface area contributed by atoms with E-state index >= 15 is 0 Å². The summed E-state index contributed by atoms with van der Waals surface area (Å²) in [4.78, 5) is 26.5. The van der Waals surface area contributed by atoms with Crippen LogP contribution in [0, 0.1) is 17.8 Å². The molecule has 4 bridgehead atoms. The number of amides is 3. The van der Waals surface area contributed by atoms with Crippen LogP contribution in [0.5, 0.6) is 0 Å². The Balaban J connectivity index is 1.21. The number of rotatable bonds is 6. The van der Waals surface area contributed by atoms with Crippen molar-refractivity contribution in [1.29, 1.82) is 0 Å².